The van der Waals surface area contributed by atoms with E-state index in [1.165, 1.54) is 16.4 Å². The lowest BCUT2D eigenvalue weighted by Gasteiger charge is -2.32. The highest BCUT2D eigenvalue weighted by atomic mass is 35.5. The highest BCUT2D eigenvalue weighted by molar-refractivity contribution is 7.90. The van der Waals surface area contributed by atoms with Crippen molar-refractivity contribution in [3.05, 3.63) is 59.4 Å². The largest absolute Gasteiger partial charge is 0.494 e. The first kappa shape index (κ1) is 23.3. The van der Waals surface area contributed by atoms with E-state index in [4.69, 9.17) is 16.3 Å². The molecule has 0 N–H and O–H groups in total. The van der Waals surface area contributed by atoms with Crippen LogP contribution in [0, 0.1) is 11.7 Å². The zero-order valence-corrected chi connectivity index (χ0v) is 19.6. The van der Waals surface area contributed by atoms with E-state index in [1.807, 2.05) is 0 Å². The van der Waals surface area contributed by atoms with Crippen LogP contribution in [-0.2, 0) is 10.2 Å². The molecule has 0 spiro atoms. The van der Waals surface area contributed by atoms with Gasteiger partial charge in [0.15, 0.2) is 0 Å². The van der Waals surface area contributed by atoms with Crippen molar-refractivity contribution in [2.24, 2.45) is 5.92 Å². The van der Waals surface area contributed by atoms with E-state index >= 15 is 0 Å². The second-order valence-electron chi connectivity index (χ2n) is 8.33. The minimum atomic E-state index is -3.49. The van der Waals surface area contributed by atoms with E-state index in [1.54, 1.807) is 40.7 Å². The molecule has 9 heteroatoms. The van der Waals surface area contributed by atoms with Crippen molar-refractivity contribution in [1.29, 1.82) is 0 Å². The van der Waals surface area contributed by atoms with Crippen LogP contribution in [0.4, 0.5) is 10.1 Å². The quantitative estimate of drug-likeness (QED) is 0.571. The predicted molar refractivity (Wildman–Crippen MR) is 125 cm³/mol. The van der Waals surface area contributed by atoms with Crippen LogP contribution < -0.4 is 9.04 Å². The third-order valence-corrected chi connectivity index (χ3v) is 8.47. The molecule has 0 bridgehead atoms. The minimum Gasteiger partial charge on any atom is -0.494 e. The summed E-state index contributed by atoms with van der Waals surface area (Å²) in [5, 5.41) is 0.590. The molecule has 2 aromatic rings. The molecule has 174 valence electrons. The number of benzene rings is 2. The van der Waals surface area contributed by atoms with E-state index in [2.05, 4.69) is 4.90 Å². The Kier molecular flexibility index (Phi) is 7.55. The molecule has 0 amide bonds. The number of ether oxygens (including phenoxy) is 1. The summed E-state index contributed by atoms with van der Waals surface area (Å²) in [4.78, 5) is 2.35. The molecule has 2 heterocycles. The van der Waals surface area contributed by atoms with Crippen molar-refractivity contribution in [3.8, 4) is 5.75 Å². The van der Waals surface area contributed by atoms with Gasteiger partial charge in [0, 0.05) is 31.2 Å². The zero-order chi connectivity index (χ0) is 22.6. The monoisotopic (exact) mass is 481 g/mol. The zero-order valence-electron chi connectivity index (χ0n) is 18.0. The average Bonchev–Trinajstić information content (AvgIpc) is 3.09. The van der Waals surface area contributed by atoms with Gasteiger partial charge in [-0.3, -0.25) is 4.31 Å². The fourth-order valence-electron chi connectivity index (χ4n) is 4.30. The molecule has 6 nitrogen and oxygen atoms in total. The number of nitrogens with zero attached hydrogens (tertiary/aromatic N) is 3. The molecule has 0 aliphatic carbocycles. The predicted octanol–water partition coefficient (Wildman–Crippen LogP) is 4.03. The molecule has 2 aliphatic heterocycles. The molecule has 0 radical (unpaired) electrons. The summed E-state index contributed by atoms with van der Waals surface area (Å²) in [7, 11) is -3.49. The van der Waals surface area contributed by atoms with Crippen LogP contribution >= 0.6 is 11.6 Å². The molecule has 0 unspecified atom stereocenters. The Morgan fingerprint density at radius 2 is 1.62 bits per heavy atom. The maximum absolute atomic E-state index is 12.9. The first-order valence-corrected chi connectivity index (χ1v) is 12.8. The second-order valence-corrected chi connectivity index (χ2v) is 10.6. The highest BCUT2D eigenvalue weighted by Gasteiger charge is 2.36. The maximum atomic E-state index is 12.9. The van der Waals surface area contributed by atoms with Crippen LogP contribution in [-0.4, -0.2) is 63.5 Å². The van der Waals surface area contributed by atoms with E-state index < -0.39 is 10.2 Å². The minimum absolute atomic E-state index is 0.260. The summed E-state index contributed by atoms with van der Waals surface area (Å²) >= 11 is 5.92. The van der Waals surface area contributed by atoms with Gasteiger partial charge in [-0.1, -0.05) is 11.6 Å². The SMILES string of the molecule is O=S1(=O)N(CCN2CCC(CCOc3ccc(F)cc3)CC2)CCN1c1ccc(Cl)cc1. The van der Waals surface area contributed by atoms with Gasteiger partial charge in [-0.25, -0.2) is 4.39 Å². The van der Waals surface area contributed by atoms with Gasteiger partial charge in [-0.2, -0.15) is 12.7 Å². The van der Waals surface area contributed by atoms with Crippen molar-refractivity contribution >= 4 is 27.5 Å². The third kappa shape index (κ3) is 5.73. The third-order valence-electron chi connectivity index (χ3n) is 6.25. The first-order valence-electron chi connectivity index (χ1n) is 11.1. The van der Waals surface area contributed by atoms with Crippen LogP contribution in [0.1, 0.15) is 19.3 Å². The Bertz CT molecular complexity index is 981. The number of rotatable bonds is 8. The Balaban J connectivity index is 1.18. The van der Waals surface area contributed by atoms with Gasteiger partial charge in [0.1, 0.15) is 11.6 Å². The Morgan fingerprint density at radius 1 is 0.938 bits per heavy atom. The first-order chi connectivity index (χ1) is 15.4. The molecular formula is C23H29ClFN3O3S. The molecule has 0 saturated carbocycles. The molecule has 4 rings (SSSR count). The van der Waals surface area contributed by atoms with E-state index in [0.717, 1.165) is 38.9 Å². The lowest BCUT2D eigenvalue weighted by molar-refractivity contribution is 0.158. The molecule has 2 aromatic carbocycles. The van der Waals surface area contributed by atoms with Gasteiger partial charge in [0.25, 0.3) is 0 Å². The molecule has 2 saturated heterocycles. The summed E-state index contributed by atoms with van der Waals surface area (Å²) in [5.41, 5.74) is 0.653. The van der Waals surface area contributed by atoms with Gasteiger partial charge >= 0.3 is 10.2 Å². The highest BCUT2D eigenvalue weighted by Crippen LogP contribution is 2.27. The lowest BCUT2D eigenvalue weighted by atomic mass is 9.94. The van der Waals surface area contributed by atoms with Gasteiger partial charge in [0.2, 0.25) is 0 Å². The average molecular weight is 482 g/mol. The fourth-order valence-corrected chi connectivity index (χ4v) is 6.03. The van der Waals surface area contributed by atoms with Crippen LogP contribution in [0.2, 0.25) is 5.02 Å². The normalized spacial score (nSPS) is 20.0. The fraction of sp³-hybridized carbons (Fsp3) is 0.478. The van der Waals surface area contributed by atoms with Crippen LogP contribution in [0.15, 0.2) is 48.5 Å². The van der Waals surface area contributed by atoms with Crippen molar-refractivity contribution in [3.63, 3.8) is 0 Å². The molecule has 32 heavy (non-hydrogen) atoms. The van der Waals surface area contributed by atoms with E-state index in [0.29, 0.717) is 48.6 Å². The number of likely N-dealkylation sites (tertiary alicyclic amines) is 1. The summed E-state index contributed by atoms with van der Waals surface area (Å²) in [6.45, 7) is 4.77. The van der Waals surface area contributed by atoms with Crippen molar-refractivity contribution in [2.75, 3.05) is 50.2 Å². The molecule has 2 fully saturated rings. The van der Waals surface area contributed by atoms with Gasteiger partial charge in [0.05, 0.1) is 12.3 Å². The van der Waals surface area contributed by atoms with Crippen molar-refractivity contribution in [2.45, 2.75) is 19.3 Å². The van der Waals surface area contributed by atoms with E-state index in [9.17, 15) is 12.8 Å². The number of hydrogen-bond acceptors (Lipinski definition) is 4. The van der Waals surface area contributed by atoms with Crippen molar-refractivity contribution in [1.82, 2.24) is 9.21 Å². The maximum Gasteiger partial charge on any atom is 0.304 e. The smallest absolute Gasteiger partial charge is 0.304 e. The summed E-state index contributed by atoms with van der Waals surface area (Å²) in [6.07, 6.45) is 3.13. The van der Waals surface area contributed by atoms with Gasteiger partial charge in [-0.15, -0.1) is 0 Å². The number of piperidine rings is 1. The Hall–Kier alpha value is -1.87. The topological polar surface area (TPSA) is 53.1 Å². The summed E-state index contributed by atoms with van der Waals surface area (Å²) in [5.74, 6) is 1.04. The van der Waals surface area contributed by atoms with Gasteiger partial charge < -0.3 is 9.64 Å². The Morgan fingerprint density at radius 3 is 2.31 bits per heavy atom. The summed E-state index contributed by atoms with van der Waals surface area (Å²) in [6, 6.07) is 13.0. The standard InChI is InChI=1S/C23H29ClFN3O3S/c24-20-1-5-22(6-2-20)28-17-16-27(32(28,29)30)15-14-26-12-9-19(10-13-26)11-18-31-23-7-3-21(25)4-8-23/h1-8,19H,9-18H2. The number of halogens is 2. The van der Waals surface area contributed by atoms with Crippen molar-refractivity contribution < 1.29 is 17.5 Å². The van der Waals surface area contributed by atoms with Crippen LogP contribution in [0.25, 0.3) is 0 Å². The molecule has 0 aromatic heterocycles. The second kappa shape index (κ2) is 10.4. The van der Waals surface area contributed by atoms with Gasteiger partial charge in [-0.05, 0) is 86.8 Å². The molecule has 2 aliphatic rings. The lowest BCUT2D eigenvalue weighted by Crippen LogP contribution is -2.41. The van der Waals surface area contributed by atoms with E-state index in [-0.39, 0.29) is 5.82 Å². The van der Waals surface area contributed by atoms with Crippen LogP contribution in [0.3, 0.4) is 0 Å². The number of anilines is 1. The number of hydrogen-bond donors (Lipinski definition) is 0. The van der Waals surface area contributed by atoms with Crippen LogP contribution in [0.5, 0.6) is 5.75 Å². The summed E-state index contributed by atoms with van der Waals surface area (Å²) < 4.78 is 47.5. The Labute approximate surface area is 194 Å². The molecular weight excluding hydrogens is 453 g/mol. The molecule has 0 atom stereocenters.